The van der Waals surface area contributed by atoms with E-state index in [1.807, 2.05) is 0 Å². The van der Waals surface area contributed by atoms with Crippen LogP contribution in [0.5, 0.6) is 0 Å². The van der Waals surface area contributed by atoms with Gasteiger partial charge in [0.05, 0.1) is 43.5 Å². The summed E-state index contributed by atoms with van der Waals surface area (Å²) in [6.45, 7) is 1.74. The zero-order valence-electron chi connectivity index (χ0n) is 13.7. The second-order valence-electron chi connectivity index (χ2n) is 4.30. The third-order valence-corrected chi connectivity index (χ3v) is 3.54. The van der Waals surface area contributed by atoms with Crippen molar-refractivity contribution in [3.8, 4) is 0 Å². The molecule has 0 aliphatic rings. The normalized spacial score (nSPS) is 10.9. The van der Waals surface area contributed by atoms with E-state index in [2.05, 4.69) is 0 Å². The number of esters is 1. The van der Waals surface area contributed by atoms with Gasteiger partial charge in [0.25, 0.3) is 0 Å². The van der Waals surface area contributed by atoms with Crippen molar-refractivity contribution in [3.05, 3.63) is 29.8 Å². The molecule has 1 rings (SSSR count). The molecule has 0 heterocycles. The summed E-state index contributed by atoms with van der Waals surface area (Å²) in [6.07, 6.45) is 0. The first-order valence-corrected chi connectivity index (χ1v) is 8.24. The Balaban J connectivity index is 0.00000529. The molecular weight excluding hydrogens is 351 g/mol. The van der Waals surface area contributed by atoms with Gasteiger partial charge in [0.2, 0.25) is 0 Å². The van der Waals surface area contributed by atoms with Gasteiger partial charge in [0.1, 0.15) is 16.7 Å². The zero-order chi connectivity index (χ0) is 17.1. The van der Waals surface area contributed by atoms with Crippen molar-refractivity contribution in [1.82, 2.24) is 0 Å². The van der Waals surface area contributed by atoms with E-state index in [0.29, 0.717) is 26.4 Å². The first-order chi connectivity index (χ1) is 11.0. The fraction of sp³-hybridized carbons (Fsp3) is 0.500. The monoisotopic (exact) mass is 370 g/mol. The largest absolute Gasteiger partial charge is 1.00 e. The molecule has 10 heteroatoms. The molecule has 1 aromatic carbocycles. The van der Waals surface area contributed by atoms with Crippen LogP contribution in [-0.4, -0.2) is 65.7 Å². The molecule has 8 nitrogen and oxygen atoms in total. The Kier molecular flexibility index (Phi) is 12.5. The van der Waals surface area contributed by atoms with E-state index in [-0.39, 0.29) is 48.3 Å². The Bertz CT molecular complexity index is 590. The van der Waals surface area contributed by atoms with Crippen molar-refractivity contribution in [1.29, 1.82) is 0 Å². The van der Waals surface area contributed by atoms with Crippen LogP contribution in [0.3, 0.4) is 0 Å². The molecule has 0 saturated heterocycles. The number of hydrogen-bond acceptors (Lipinski definition) is 8. The standard InChI is InChI=1S/C14H20O8S.Na/c1-19-6-7-20-8-9-21-10-11-22-14(15)12-4-2-3-5-13(12)23(16,17)18;/h2-5H,6-11H2,1H3,(H,16,17,18);/q;+1/p-1. The molecule has 0 bridgehead atoms. The predicted octanol–water partition coefficient (Wildman–Crippen LogP) is -2.57. The van der Waals surface area contributed by atoms with E-state index in [1.165, 1.54) is 18.2 Å². The van der Waals surface area contributed by atoms with E-state index >= 15 is 0 Å². The van der Waals surface area contributed by atoms with Crippen LogP contribution in [0.2, 0.25) is 0 Å². The van der Waals surface area contributed by atoms with E-state index in [0.717, 1.165) is 6.07 Å². The van der Waals surface area contributed by atoms with Crippen LogP contribution < -0.4 is 29.6 Å². The van der Waals surface area contributed by atoms with Crippen molar-refractivity contribution in [2.75, 3.05) is 46.8 Å². The van der Waals surface area contributed by atoms with Gasteiger partial charge in [-0.25, -0.2) is 13.2 Å². The molecule has 0 fully saturated rings. The Morgan fingerprint density at radius 3 is 2.12 bits per heavy atom. The molecule has 0 aliphatic heterocycles. The van der Waals surface area contributed by atoms with Crippen LogP contribution in [0.25, 0.3) is 0 Å². The second-order valence-corrected chi connectivity index (χ2v) is 5.65. The Morgan fingerprint density at radius 2 is 1.54 bits per heavy atom. The Hall–Kier alpha value is -0.520. The molecule has 1 aromatic rings. The van der Waals surface area contributed by atoms with Gasteiger partial charge in [-0.2, -0.15) is 0 Å². The number of ether oxygens (including phenoxy) is 4. The minimum atomic E-state index is -4.74. The minimum Gasteiger partial charge on any atom is -0.744 e. The number of carbonyl (C=O) groups is 1. The van der Waals surface area contributed by atoms with Gasteiger partial charge >= 0.3 is 35.5 Å². The van der Waals surface area contributed by atoms with Crippen molar-refractivity contribution < 1.29 is 66.3 Å². The molecule has 0 atom stereocenters. The third kappa shape index (κ3) is 9.09. The Labute approximate surface area is 163 Å². The maximum absolute atomic E-state index is 11.8. The number of hydrogen-bond donors (Lipinski definition) is 0. The summed E-state index contributed by atoms with van der Waals surface area (Å²) < 4.78 is 53.2. The molecule has 0 unspecified atom stereocenters. The molecule has 0 radical (unpaired) electrons. The summed E-state index contributed by atoms with van der Waals surface area (Å²) in [5, 5.41) is 0. The quantitative estimate of drug-likeness (QED) is 0.181. The first kappa shape index (κ1) is 23.5. The van der Waals surface area contributed by atoms with Gasteiger partial charge in [0, 0.05) is 7.11 Å². The molecule has 0 amide bonds. The first-order valence-electron chi connectivity index (χ1n) is 6.83. The minimum absolute atomic E-state index is 0. The average molecular weight is 370 g/mol. The topological polar surface area (TPSA) is 111 Å². The van der Waals surface area contributed by atoms with Crippen LogP contribution in [0.1, 0.15) is 10.4 Å². The van der Waals surface area contributed by atoms with Crippen molar-refractivity contribution in [2.45, 2.75) is 4.90 Å². The number of rotatable bonds is 11. The van der Waals surface area contributed by atoms with Gasteiger partial charge in [-0.15, -0.1) is 0 Å². The zero-order valence-corrected chi connectivity index (χ0v) is 16.5. The van der Waals surface area contributed by atoms with E-state index in [9.17, 15) is 17.8 Å². The third-order valence-electron chi connectivity index (χ3n) is 2.64. The summed E-state index contributed by atoms with van der Waals surface area (Å²) in [5.74, 6) is -0.889. The van der Waals surface area contributed by atoms with Crippen LogP contribution in [0.15, 0.2) is 29.2 Å². The number of methoxy groups -OCH3 is 1. The number of benzene rings is 1. The van der Waals surface area contributed by atoms with E-state index in [1.54, 1.807) is 7.11 Å². The fourth-order valence-electron chi connectivity index (χ4n) is 1.59. The van der Waals surface area contributed by atoms with E-state index in [4.69, 9.17) is 18.9 Å². The van der Waals surface area contributed by atoms with Crippen molar-refractivity contribution in [2.24, 2.45) is 0 Å². The van der Waals surface area contributed by atoms with Crippen LogP contribution in [0, 0.1) is 0 Å². The maximum Gasteiger partial charge on any atom is 1.00 e. The summed E-state index contributed by atoms with van der Waals surface area (Å²) in [4.78, 5) is 11.2. The van der Waals surface area contributed by atoms with Gasteiger partial charge < -0.3 is 23.5 Å². The molecule has 0 aliphatic carbocycles. The molecule has 0 N–H and O–H groups in total. The fourth-order valence-corrected chi connectivity index (χ4v) is 2.25. The van der Waals surface area contributed by atoms with Crippen molar-refractivity contribution in [3.63, 3.8) is 0 Å². The number of carbonyl (C=O) groups excluding carboxylic acids is 1. The second kappa shape index (κ2) is 12.8. The van der Waals surface area contributed by atoms with E-state index < -0.39 is 21.0 Å². The molecule has 0 spiro atoms. The summed E-state index contributed by atoms with van der Waals surface area (Å²) in [7, 11) is -3.16. The molecule has 130 valence electrons. The molecule has 0 saturated carbocycles. The van der Waals surface area contributed by atoms with Gasteiger partial charge in [-0.1, -0.05) is 12.1 Å². The van der Waals surface area contributed by atoms with Crippen LogP contribution in [0.4, 0.5) is 0 Å². The van der Waals surface area contributed by atoms with Gasteiger partial charge in [-0.3, -0.25) is 0 Å². The molecular formula is C14H19NaO8S. The van der Waals surface area contributed by atoms with Crippen LogP contribution in [-0.2, 0) is 29.1 Å². The van der Waals surface area contributed by atoms with Crippen molar-refractivity contribution >= 4 is 16.1 Å². The van der Waals surface area contributed by atoms with Gasteiger partial charge in [0.15, 0.2) is 0 Å². The van der Waals surface area contributed by atoms with Crippen LogP contribution >= 0.6 is 0 Å². The average Bonchev–Trinajstić information content (AvgIpc) is 2.52. The van der Waals surface area contributed by atoms with Gasteiger partial charge in [-0.05, 0) is 12.1 Å². The molecule has 24 heavy (non-hydrogen) atoms. The smallest absolute Gasteiger partial charge is 0.744 e. The molecule has 0 aromatic heterocycles. The summed E-state index contributed by atoms with van der Waals surface area (Å²) >= 11 is 0. The summed E-state index contributed by atoms with van der Waals surface area (Å²) in [6, 6.07) is 5.08. The maximum atomic E-state index is 11.8. The Morgan fingerprint density at radius 1 is 1.00 bits per heavy atom. The summed E-state index contributed by atoms with van der Waals surface area (Å²) in [5.41, 5.74) is -0.287. The predicted molar refractivity (Wildman–Crippen MR) is 78.2 cm³/mol. The SMILES string of the molecule is COCCOCCOCCOC(=O)c1ccccc1S(=O)(=O)[O-].[Na+].